The van der Waals surface area contributed by atoms with E-state index in [1.807, 2.05) is 30.5 Å². The maximum Gasteiger partial charge on any atom is 0.311 e. The molecule has 3 heteroatoms. The molecule has 1 aromatic heterocycles. The predicted molar refractivity (Wildman–Crippen MR) is 116 cm³/mol. The van der Waals surface area contributed by atoms with Crippen molar-refractivity contribution in [3.8, 4) is 17.0 Å². The summed E-state index contributed by atoms with van der Waals surface area (Å²) >= 11 is 0. The molecule has 0 aliphatic rings. The van der Waals surface area contributed by atoms with Crippen LogP contribution in [0.5, 0.6) is 5.75 Å². The summed E-state index contributed by atoms with van der Waals surface area (Å²) in [5.74, 6) is 0.975. The molecular formula is C25H35NO2. The van der Waals surface area contributed by atoms with Gasteiger partial charge in [-0.1, -0.05) is 65.0 Å². The predicted octanol–water partition coefficient (Wildman–Crippen LogP) is 6.99. The minimum absolute atomic E-state index is 0.167. The zero-order valence-electron chi connectivity index (χ0n) is 17.7. The van der Waals surface area contributed by atoms with Crippen molar-refractivity contribution < 1.29 is 9.53 Å². The number of aromatic nitrogens is 1. The van der Waals surface area contributed by atoms with E-state index in [2.05, 4.69) is 37.9 Å². The number of nitrogens with zero attached hydrogens (tertiary/aromatic N) is 1. The number of ether oxygens (including phenoxy) is 1. The number of unbranched alkanes of at least 4 members (excludes halogenated alkanes) is 4. The molecule has 2 aromatic rings. The highest BCUT2D eigenvalue weighted by Crippen LogP contribution is 2.29. The Bertz CT molecular complexity index is 726. The zero-order chi connectivity index (χ0) is 20.2. The lowest BCUT2D eigenvalue weighted by Crippen LogP contribution is -2.10. The van der Waals surface area contributed by atoms with Crippen molar-refractivity contribution in [1.82, 2.24) is 4.98 Å². The van der Waals surface area contributed by atoms with Gasteiger partial charge in [-0.15, -0.1) is 0 Å². The van der Waals surface area contributed by atoms with E-state index >= 15 is 0 Å². The number of pyridine rings is 1. The average Bonchev–Trinajstić information content (AvgIpc) is 2.72. The number of aryl methyl sites for hydroxylation is 1. The topological polar surface area (TPSA) is 39.2 Å². The Hall–Kier alpha value is -2.16. The molecular weight excluding hydrogens is 346 g/mol. The molecule has 0 N–H and O–H groups in total. The lowest BCUT2D eigenvalue weighted by atomic mass is 10.0. The Morgan fingerprint density at radius 3 is 2.64 bits per heavy atom. The van der Waals surface area contributed by atoms with Crippen LogP contribution in [-0.4, -0.2) is 11.0 Å². The van der Waals surface area contributed by atoms with Crippen molar-refractivity contribution in [2.45, 2.75) is 78.6 Å². The van der Waals surface area contributed by atoms with E-state index in [9.17, 15) is 4.79 Å². The van der Waals surface area contributed by atoms with Gasteiger partial charge in [0.05, 0.1) is 5.69 Å². The standard InChI is InChI=1S/C25H35NO2/c1-4-6-7-8-9-12-21-17-18-26-23(19-21)22-13-10-11-14-24(22)28-25(27)16-15-20(3)5-2/h10-11,13-14,17-20H,4-9,12,15-16H2,1-3H3. The van der Waals surface area contributed by atoms with Crippen molar-refractivity contribution in [2.75, 3.05) is 0 Å². The molecule has 1 unspecified atom stereocenters. The molecule has 0 fully saturated rings. The van der Waals surface area contributed by atoms with E-state index in [0.717, 1.165) is 30.5 Å². The van der Waals surface area contributed by atoms with Crippen LogP contribution in [0.3, 0.4) is 0 Å². The van der Waals surface area contributed by atoms with Crippen LogP contribution in [0.15, 0.2) is 42.6 Å². The van der Waals surface area contributed by atoms with Gasteiger partial charge in [-0.05, 0) is 55.0 Å². The summed E-state index contributed by atoms with van der Waals surface area (Å²) in [5, 5.41) is 0. The van der Waals surface area contributed by atoms with Gasteiger partial charge in [0.1, 0.15) is 5.75 Å². The molecule has 28 heavy (non-hydrogen) atoms. The van der Waals surface area contributed by atoms with Crippen LogP contribution in [0.2, 0.25) is 0 Å². The third-order valence-electron chi connectivity index (χ3n) is 5.32. The SMILES string of the molecule is CCCCCCCc1ccnc(-c2ccccc2OC(=O)CCC(C)CC)c1. The van der Waals surface area contributed by atoms with Gasteiger partial charge in [-0.2, -0.15) is 0 Å². The molecule has 0 saturated heterocycles. The smallest absolute Gasteiger partial charge is 0.311 e. The van der Waals surface area contributed by atoms with Crippen molar-refractivity contribution in [3.63, 3.8) is 0 Å². The van der Waals surface area contributed by atoms with E-state index < -0.39 is 0 Å². The zero-order valence-corrected chi connectivity index (χ0v) is 17.7. The average molecular weight is 382 g/mol. The first kappa shape index (κ1) is 22.1. The van der Waals surface area contributed by atoms with Crippen molar-refractivity contribution in [3.05, 3.63) is 48.2 Å². The van der Waals surface area contributed by atoms with Gasteiger partial charge >= 0.3 is 5.97 Å². The van der Waals surface area contributed by atoms with Crippen LogP contribution < -0.4 is 4.74 Å². The molecule has 0 bridgehead atoms. The fourth-order valence-electron chi connectivity index (χ4n) is 3.22. The molecule has 152 valence electrons. The lowest BCUT2D eigenvalue weighted by molar-refractivity contribution is -0.134. The molecule has 1 heterocycles. The number of hydrogen-bond acceptors (Lipinski definition) is 3. The molecule has 3 nitrogen and oxygen atoms in total. The van der Waals surface area contributed by atoms with Crippen LogP contribution in [0, 0.1) is 5.92 Å². The van der Waals surface area contributed by atoms with E-state index in [1.54, 1.807) is 0 Å². The summed E-state index contributed by atoms with van der Waals surface area (Å²) in [4.78, 5) is 16.8. The highest BCUT2D eigenvalue weighted by atomic mass is 16.5. The van der Waals surface area contributed by atoms with Crippen LogP contribution >= 0.6 is 0 Å². The summed E-state index contributed by atoms with van der Waals surface area (Å²) in [6.45, 7) is 6.55. The van der Waals surface area contributed by atoms with Crippen molar-refractivity contribution >= 4 is 5.97 Å². The number of benzene rings is 1. The minimum atomic E-state index is -0.167. The number of esters is 1. The van der Waals surface area contributed by atoms with E-state index in [-0.39, 0.29) is 5.97 Å². The summed E-state index contributed by atoms with van der Waals surface area (Å²) in [6, 6.07) is 11.9. The Kier molecular flexibility index (Phi) is 9.74. The van der Waals surface area contributed by atoms with Crippen LogP contribution in [-0.2, 0) is 11.2 Å². The monoisotopic (exact) mass is 381 g/mol. The number of hydrogen-bond donors (Lipinski definition) is 0. The molecule has 0 aliphatic carbocycles. The molecule has 0 radical (unpaired) electrons. The maximum atomic E-state index is 12.3. The summed E-state index contributed by atoms with van der Waals surface area (Å²) in [5.41, 5.74) is 3.04. The van der Waals surface area contributed by atoms with E-state index in [0.29, 0.717) is 18.1 Å². The Balaban J connectivity index is 2.03. The number of rotatable bonds is 12. The normalized spacial score (nSPS) is 12.0. The number of carbonyl (C=O) groups is 1. The van der Waals surface area contributed by atoms with Crippen LogP contribution in [0.1, 0.15) is 77.7 Å². The van der Waals surface area contributed by atoms with Crippen LogP contribution in [0.4, 0.5) is 0 Å². The summed E-state index contributed by atoms with van der Waals surface area (Å²) in [7, 11) is 0. The van der Waals surface area contributed by atoms with Crippen molar-refractivity contribution in [1.29, 1.82) is 0 Å². The van der Waals surface area contributed by atoms with Gasteiger partial charge in [0.15, 0.2) is 0 Å². The minimum Gasteiger partial charge on any atom is -0.426 e. The molecule has 1 atom stereocenters. The third kappa shape index (κ3) is 7.46. The second-order valence-electron chi connectivity index (χ2n) is 7.74. The van der Waals surface area contributed by atoms with Crippen LogP contribution in [0.25, 0.3) is 11.3 Å². The Morgan fingerprint density at radius 1 is 1.07 bits per heavy atom. The van der Waals surface area contributed by atoms with Gasteiger partial charge in [0.25, 0.3) is 0 Å². The Labute approximate surface area is 170 Å². The highest BCUT2D eigenvalue weighted by Gasteiger charge is 2.13. The number of para-hydroxylation sites is 1. The molecule has 0 saturated carbocycles. The largest absolute Gasteiger partial charge is 0.426 e. The van der Waals surface area contributed by atoms with E-state index in [1.165, 1.54) is 37.7 Å². The van der Waals surface area contributed by atoms with Gasteiger partial charge in [0, 0.05) is 18.2 Å². The molecule has 2 rings (SSSR count). The first-order valence-electron chi connectivity index (χ1n) is 10.9. The van der Waals surface area contributed by atoms with Gasteiger partial charge < -0.3 is 4.74 Å². The first-order valence-corrected chi connectivity index (χ1v) is 10.9. The quantitative estimate of drug-likeness (QED) is 0.226. The highest BCUT2D eigenvalue weighted by molar-refractivity contribution is 5.77. The van der Waals surface area contributed by atoms with Crippen molar-refractivity contribution in [2.24, 2.45) is 5.92 Å². The second kappa shape index (κ2) is 12.3. The first-order chi connectivity index (χ1) is 13.6. The third-order valence-corrected chi connectivity index (χ3v) is 5.32. The molecule has 0 spiro atoms. The molecule has 0 aliphatic heterocycles. The van der Waals surface area contributed by atoms with E-state index in [4.69, 9.17) is 4.74 Å². The second-order valence-corrected chi connectivity index (χ2v) is 7.74. The molecule has 0 amide bonds. The van der Waals surface area contributed by atoms with Gasteiger partial charge in [0.2, 0.25) is 0 Å². The van der Waals surface area contributed by atoms with Gasteiger partial charge in [-0.3, -0.25) is 9.78 Å². The lowest BCUT2D eigenvalue weighted by Gasteiger charge is -2.12. The summed E-state index contributed by atoms with van der Waals surface area (Å²) in [6.07, 6.45) is 11.7. The fraction of sp³-hybridized carbons (Fsp3) is 0.520. The number of carbonyl (C=O) groups excluding carboxylic acids is 1. The fourth-order valence-corrected chi connectivity index (χ4v) is 3.22. The van der Waals surface area contributed by atoms with Gasteiger partial charge in [-0.25, -0.2) is 0 Å². The Morgan fingerprint density at radius 2 is 1.86 bits per heavy atom. The summed E-state index contributed by atoms with van der Waals surface area (Å²) < 4.78 is 5.68. The maximum absolute atomic E-state index is 12.3. The molecule has 1 aromatic carbocycles.